The second-order valence-corrected chi connectivity index (χ2v) is 6.14. The molecule has 1 heterocycles. The maximum absolute atomic E-state index is 12.3. The Morgan fingerprint density at radius 3 is 2.69 bits per heavy atom. The zero-order valence-electron chi connectivity index (χ0n) is 15.0. The van der Waals surface area contributed by atoms with E-state index in [1.165, 1.54) is 0 Å². The molecule has 1 aromatic heterocycles. The molecule has 3 aromatic rings. The van der Waals surface area contributed by atoms with E-state index in [9.17, 15) is 9.59 Å². The number of para-hydroxylation sites is 1. The average Bonchev–Trinajstić information content (AvgIpc) is 2.66. The van der Waals surface area contributed by atoms with Gasteiger partial charge in [0.15, 0.2) is 0 Å². The summed E-state index contributed by atoms with van der Waals surface area (Å²) in [7, 11) is 1.60. The molecule has 5 nitrogen and oxygen atoms in total. The molecule has 2 aromatic carbocycles. The van der Waals surface area contributed by atoms with E-state index in [0.29, 0.717) is 12.0 Å². The van der Waals surface area contributed by atoms with Crippen molar-refractivity contribution in [3.8, 4) is 5.75 Å². The smallest absolute Gasteiger partial charge is 0.251 e. The summed E-state index contributed by atoms with van der Waals surface area (Å²) in [6, 6.07) is 15.1. The van der Waals surface area contributed by atoms with Gasteiger partial charge >= 0.3 is 0 Å². The Bertz CT molecular complexity index is 992. The van der Waals surface area contributed by atoms with Crippen molar-refractivity contribution in [3.05, 3.63) is 70.0 Å². The van der Waals surface area contributed by atoms with Crippen molar-refractivity contribution in [2.24, 2.45) is 0 Å². The van der Waals surface area contributed by atoms with Gasteiger partial charge in [0.1, 0.15) is 5.75 Å². The number of benzene rings is 2. The number of fused-ring (bicyclic) bond motifs is 1. The number of nitrogens with one attached hydrogen (secondary N) is 2. The Morgan fingerprint density at radius 1 is 1.12 bits per heavy atom. The van der Waals surface area contributed by atoms with E-state index < -0.39 is 0 Å². The van der Waals surface area contributed by atoms with Crippen LogP contribution in [-0.4, -0.2) is 18.0 Å². The van der Waals surface area contributed by atoms with Gasteiger partial charge in [0.25, 0.3) is 5.56 Å². The van der Waals surface area contributed by atoms with Crippen LogP contribution in [-0.2, 0) is 17.6 Å². The molecule has 0 aliphatic heterocycles. The summed E-state index contributed by atoms with van der Waals surface area (Å²) in [6.07, 6.45) is 1.47. The Morgan fingerprint density at radius 2 is 1.92 bits per heavy atom. The van der Waals surface area contributed by atoms with E-state index in [1.807, 2.05) is 49.4 Å². The Kier molecular flexibility index (Phi) is 5.37. The first-order valence-electron chi connectivity index (χ1n) is 8.68. The molecule has 0 unspecified atom stereocenters. The van der Waals surface area contributed by atoms with E-state index in [4.69, 9.17) is 4.74 Å². The zero-order valence-corrected chi connectivity index (χ0v) is 15.0. The summed E-state index contributed by atoms with van der Waals surface area (Å²) in [6.45, 7) is 2.05. The van der Waals surface area contributed by atoms with E-state index in [2.05, 4.69) is 10.3 Å². The summed E-state index contributed by atoms with van der Waals surface area (Å²) in [5.41, 5.74) is 3.10. The van der Waals surface area contributed by atoms with Crippen LogP contribution >= 0.6 is 0 Å². The highest BCUT2D eigenvalue weighted by Crippen LogP contribution is 2.19. The molecule has 0 fully saturated rings. The molecule has 1 amide bonds. The topological polar surface area (TPSA) is 71.2 Å². The van der Waals surface area contributed by atoms with Crippen molar-refractivity contribution in [1.82, 2.24) is 4.98 Å². The molecule has 26 heavy (non-hydrogen) atoms. The molecule has 0 saturated carbocycles. The number of carbonyl (C=O) groups is 1. The number of ether oxygens (including phenoxy) is 1. The van der Waals surface area contributed by atoms with Crippen LogP contribution in [0, 0.1) is 0 Å². The first-order valence-corrected chi connectivity index (χ1v) is 8.68. The summed E-state index contributed by atoms with van der Waals surface area (Å²) in [5, 5.41) is 3.82. The lowest BCUT2D eigenvalue weighted by Gasteiger charge is -2.10. The highest BCUT2D eigenvalue weighted by Gasteiger charge is 2.09. The molecule has 0 atom stereocenters. The minimum Gasteiger partial charge on any atom is -0.497 e. The maximum atomic E-state index is 12.3. The SMILES string of the molecule is CCc1ccccc1NC(=O)CCc1cc2cc(OC)ccc2[nH]c1=O. The lowest BCUT2D eigenvalue weighted by Crippen LogP contribution is -2.17. The molecule has 134 valence electrons. The third-order valence-electron chi connectivity index (χ3n) is 4.42. The number of methoxy groups -OCH3 is 1. The molecular formula is C21H22N2O3. The van der Waals surface area contributed by atoms with Crippen LogP contribution in [0.25, 0.3) is 10.9 Å². The van der Waals surface area contributed by atoms with Crippen LogP contribution in [0.15, 0.2) is 53.3 Å². The number of amides is 1. The highest BCUT2D eigenvalue weighted by molar-refractivity contribution is 5.91. The number of pyridine rings is 1. The van der Waals surface area contributed by atoms with Crippen molar-refractivity contribution >= 4 is 22.5 Å². The fourth-order valence-electron chi connectivity index (χ4n) is 2.95. The van der Waals surface area contributed by atoms with Crippen LogP contribution in [0.3, 0.4) is 0 Å². The van der Waals surface area contributed by atoms with E-state index >= 15 is 0 Å². The second kappa shape index (κ2) is 7.87. The predicted molar refractivity (Wildman–Crippen MR) is 104 cm³/mol. The third kappa shape index (κ3) is 3.94. The molecule has 0 bridgehead atoms. The monoisotopic (exact) mass is 350 g/mol. The first-order chi connectivity index (χ1) is 12.6. The van der Waals surface area contributed by atoms with Crippen molar-refractivity contribution in [2.45, 2.75) is 26.2 Å². The largest absolute Gasteiger partial charge is 0.497 e. The third-order valence-corrected chi connectivity index (χ3v) is 4.42. The average molecular weight is 350 g/mol. The standard InChI is InChI=1S/C21H22N2O3/c1-3-14-6-4-5-7-18(14)22-20(24)11-8-15-12-16-13-17(26-2)9-10-19(16)23-21(15)25/h4-7,9-10,12-13H,3,8,11H2,1-2H3,(H,22,24)(H,23,25). The number of hydrogen-bond acceptors (Lipinski definition) is 3. The van der Waals surface area contributed by atoms with Crippen LogP contribution < -0.4 is 15.6 Å². The van der Waals surface area contributed by atoms with Crippen molar-refractivity contribution in [3.63, 3.8) is 0 Å². The lowest BCUT2D eigenvalue weighted by molar-refractivity contribution is -0.116. The van der Waals surface area contributed by atoms with E-state index in [1.54, 1.807) is 13.2 Å². The predicted octanol–water partition coefficient (Wildman–Crippen LogP) is 3.67. The summed E-state index contributed by atoms with van der Waals surface area (Å²) < 4.78 is 5.22. The molecule has 0 saturated heterocycles. The van der Waals surface area contributed by atoms with E-state index in [0.717, 1.165) is 34.3 Å². The summed E-state index contributed by atoms with van der Waals surface area (Å²) >= 11 is 0. The molecule has 3 rings (SSSR count). The Balaban J connectivity index is 1.73. The summed E-state index contributed by atoms with van der Waals surface area (Å²) in [5.74, 6) is 0.625. The van der Waals surface area contributed by atoms with Gasteiger partial charge in [0.05, 0.1) is 7.11 Å². The fourth-order valence-corrected chi connectivity index (χ4v) is 2.95. The zero-order chi connectivity index (χ0) is 18.5. The maximum Gasteiger partial charge on any atom is 0.251 e. The highest BCUT2D eigenvalue weighted by atomic mass is 16.5. The van der Waals surface area contributed by atoms with Gasteiger partial charge in [0, 0.05) is 28.6 Å². The van der Waals surface area contributed by atoms with Crippen molar-refractivity contribution in [1.29, 1.82) is 0 Å². The minimum atomic E-state index is -0.163. The second-order valence-electron chi connectivity index (χ2n) is 6.14. The van der Waals surface area contributed by atoms with Crippen molar-refractivity contribution < 1.29 is 9.53 Å². The van der Waals surface area contributed by atoms with Gasteiger partial charge in [0.2, 0.25) is 5.91 Å². The van der Waals surface area contributed by atoms with Gasteiger partial charge in [-0.15, -0.1) is 0 Å². The van der Waals surface area contributed by atoms with Crippen LogP contribution in [0.4, 0.5) is 5.69 Å². The summed E-state index contributed by atoms with van der Waals surface area (Å²) in [4.78, 5) is 27.4. The molecular weight excluding hydrogens is 328 g/mol. The Hall–Kier alpha value is -3.08. The molecule has 0 aliphatic rings. The molecule has 0 spiro atoms. The quantitative estimate of drug-likeness (QED) is 0.712. The minimum absolute atomic E-state index is 0.101. The number of hydrogen-bond donors (Lipinski definition) is 2. The first kappa shape index (κ1) is 17.7. The van der Waals surface area contributed by atoms with Crippen LogP contribution in [0.1, 0.15) is 24.5 Å². The number of anilines is 1. The van der Waals surface area contributed by atoms with Crippen molar-refractivity contribution in [2.75, 3.05) is 12.4 Å². The van der Waals surface area contributed by atoms with Gasteiger partial charge in [-0.2, -0.15) is 0 Å². The van der Waals surface area contributed by atoms with Gasteiger partial charge in [-0.3, -0.25) is 9.59 Å². The number of aromatic nitrogens is 1. The van der Waals surface area contributed by atoms with Gasteiger partial charge < -0.3 is 15.0 Å². The molecule has 5 heteroatoms. The van der Waals surface area contributed by atoms with E-state index in [-0.39, 0.29) is 17.9 Å². The lowest BCUT2D eigenvalue weighted by atomic mass is 10.1. The number of aryl methyl sites for hydroxylation is 2. The number of aromatic amines is 1. The molecule has 0 radical (unpaired) electrons. The number of H-pyrrole nitrogens is 1. The van der Waals surface area contributed by atoms with Crippen LogP contribution in [0.2, 0.25) is 0 Å². The molecule has 2 N–H and O–H groups in total. The van der Waals surface area contributed by atoms with Gasteiger partial charge in [-0.1, -0.05) is 25.1 Å². The van der Waals surface area contributed by atoms with Gasteiger partial charge in [-0.05, 0) is 48.7 Å². The number of rotatable bonds is 6. The molecule has 0 aliphatic carbocycles. The number of carbonyl (C=O) groups excluding carboxylic acids is 1. The Labute approximate surface area is 152 Å². The normalized spacial score (nSPS) is 10.7. The van der Waals surface area contributed by atoms with Gasteiger partial charge in [-0.25, -0.2) is 0 Å². The van der Waals surface area contributed by atoms with Crippen LogP contribution in [0.5, 0.6) is 5.75 Å². The fraction of sp³-hybridized carbons (Fsp3) is 0.238.